The van der Waals surface area contributed by atoms with Crippen molar-refractivity contribution in [1.82, 2.24) is 9.97 Å². The van der Waals surface area contributed by atoms with Crippen molar-refractivity contribution in [3.8, 4) is 11.5 Å². The molecule has 0 bridgehead atoms. The summed E-state index contributed by atoms with van der Waals surface area (Å²) in [7, 11) is 3.51. The summed E-state index contributed by atoms with van der Waals surface area (Å²) in [5.74, 6) is 2.07. The van der Waals surface area contributed by atoms with E-state index in [4.69, 9.17) is 21.1 Å². The number of alkyl halides is 1. The van der Waals surface area contributed by atoms with Gasteiger partial charge in [-0.1, -0.05) is 15.9 Å². The molecule has 0 fully saturated rings. The van der Waals surface area contributed by atoms with Gasteiger partial charge in [-0.2, -0.15) is 0 Å². The molecule has 7 heteroatoms. The van der Waals surface area contributed by atoms with Crippen molar-refractivity contribution in [2.75, 3.05) is 31.0 Å². The van der Waals surface area contributed by atoms with Crippen LogP contribution in [0.25, 0.3) is 0 Å². The Morgan fingerprint density at radius 1 is 1.29 bits per heavy atom. The molecule has 0 unspecified atom stereocenters. The molecule has 5 nitrogen and oxygen atoms in total. The maximum atomic E-state index is 5.83. The fraction of sp³-hybridized carbons (Fsp3) is 0.286. The second-order valence-corrected chi connectivity index (χ2v) is 5.25. The Morgan fingerprint density at radius 3 is 2.76 bits per heavy atom. The number of halogens is 2. The van der Waals surface area contributed by atoms with Crippen molar-refractivity contribution in [2.45, 2.75) is 0 Å². The number of benzene rings is 1. The van der Waals surface area contributed by atoms with E-state index < -0.39 is 0 Å². The number of nitrogens with zero attached hydrogens (tertiary/aromatic N) is 3. The Kier molecular flexibility index (Phi) is 5.64. The molecular formula is C14H15BrClN3O2. The van der Waals surface area contributed by atoms with Crippen LogP contribution in [0.3, 0.4) is 0 Å². The van der Waals surface area contributed by atoms with Crippen molar-refractivity contribution < 1.29 is 9.47 Å². The van der Waals surface area contributed by atoms with Gasteiger partial charge in [0.2, 0.25) is 5.28 Å². The fourth-order valence-electron chi connectivity index (χ4n) is 1.78. The number of anilines is 2. The third kappa shape index (κ3) is 3.98. The zero-order chi connectivity index (χ0) is 15.2. The van der Waals surface area contributed by atoms with Crippen LogP contribution < -0.4 is 14.4 Å². The summed E-state index contributed by atoms with van der Waals surface area (Å²) >= 11 is 9.16. The lowest BCUT2D eigenvalue weighted by molar-refractivity contribution is 0.314. The van der Waals surface area contributed by atoms with Gasteiger partial charge in [-0.3, -0.25) is 0 Å². The molecule has 1 aromatic carbocycles. The van der Waals surface area contributed by atoms with E-state index in [-0.39, 0.29) is 5.28 Å². The van der Waals surface area contributed by atoms with Crippen LogP contribution in [0.1, 0.15) is 0 Å². The quantitative estimate of drug-likeness (QED) is 0.572. The first kappa shape index (κ1) is 15.9. The van der Waals surface area contributed by atoms with E-state index in [1.807, 2.05) is 30.1 Å². The highest BCUT2D eigenvalue weighted by Crippen LogP contribution is 2.33. The number of aromatic nitrogens is 2. The second kappa shape index (κ2) is 7.47. The molecule has 1 heterocycles. The minimum absolute atomic E-state index is 0.212. The number of hydrogen-bond donors (Lipinski definition) is 0. The van der Waals surface area contributed by atoms with E-state index in [2.05, 4.69) is 25.9 Å². The molecule has 0 spiro atoms. The zero-order valence-electron chi connectivity index (χ0n) is 11.7. The number of methoxy groups -OCH3 is 1. The molecular weight excluding hydrogens is 358 g/mol. The predicted molar refractivity (Wildman–Crippen MR) is 87.4 cm³/mol. The monoisotopic (exact) mass is 371 g/mol. The lowest BCUT2D eigenvalue weighted by Crippen LogP contribution is -2.12. The maximum absolute atomic E-state index is 5.83. The Bertz CT molecular complexity index is 613. The molecule has 0 N–H and O–H groups in total. The minimum Gasteiger partial charge on any atom is -0.493 e. The van der Waals surface area contributed by atoms with Gasteiger partial charge in [0.25, 0.3) is 0 Å². The molecule has 0 aliphatic carbocycles. The molecule has 2 rings (SSSR count). The molecule has 0 saturated heterocycles. The summed E-state index contributed by atoms with van der Waals surface area (Å²) in [6.45, 7) is 0.558. The van der Waals surface area contributed by atoms with Crippen molar-refractivity contribution in [3.05, 3.63) is 35.7 Å². The van der Waals surface area contributed by atoms with Crippen LogP contribution in [0, 0.1) is 0 Å². The number of ether oxygens (including phenoxy) is 2. The van der Waals surface area contributed by atoms with Gasteiger partial charge >= 0.3 is 0 Å². The molecule has 0 amide bonds. The van der Waals surface area contributed by atoms with E-state index >= 15 is 0 Å². The summed E-state index contributed by atoms with van der Waals surface area (Å²) in [4.78, 5) is 9.96. The minimum atomic E-state index is 0.212. The Balaban J connectivity index is 2.30. The van der Waals surface area contributed by atoms with Gasteiger partial charge in [0.15, 0.2) is 11.5 Å². The lowest BCUT2D eigenvalue weighted by Gasteiger charge is -2.20. The highest BCUT2D eigenvalue weighted by Gasteiger charge is 2.11. The first-order valence-corrected chi connectivity index (χ1v) is 7.74. The SMILES string of the molecule is COc1ccc(N(C)c2ccnc(Cl)n2)cc1OCCBr. The third-order valence-electron chi connectivity index (χ3n) is 2.82. The highest BCUT2D eigenvalue weighted by atomic mass is 79.9. The van der Waals surface area contributed by atoms with Gasteiger partial charge in [-0.25, -0.2) is 9.97 Å². The van der Waals surface area contributed by atoms with E-state index in [0.29, 0.717) is 23.9 Å². The summed E-state index contributed by atoms with van der Waals surface area (Å²) in [6.07, 6.45) is 1.62. The summed E-state index contributed by atoms with van der Waals surface area (Å²) in [6, 6.07) is 7.47. The van der Waals surface area contributed by atoms with Crippen LogP contribution in [-0.2, 0) is 0 Å². The first-order valence-electron chi connectivity index (χ1n) is 6.24. The van der Waals surface area contributed by atoms with Crippen LogP contribution in [0.2, 0.25) is 5.28 Å². The largest absolute Gasteiger partial charge is 0.493 e. The molecule has 0 aliphatic rings. The smallest absolute Gasteiger partial charge is 0.224 e. The van der Waals surface area contributed by atoms with E-state index in [1.165, 1.54) is 0 Å². The van der Waals surface area contributed by atoms with Crippen molar-refractivity contribution in [1.29, 1.82) is 0 Å². The fourth-order valence-corrected chi connectivity index (χ4v) is 2.09. The summed E-state index contributed by atoms with van der Waals surface area (Å²) in [5.41, 5.74) is 0.912. The maximum Gasteiger partial charge on any atom is 0.224 e. The van der Waals surface area contributed by atoms with Crippen molar-refractivity contribution in [2.24, 2.45) is 0 Å². The molecule has 1 aromatic heterocycles. The molecule has 112 valence electrons. The third-order valence-corrected chi connectivity index (χ3v) is 3.33. The van der Waals surface area contributed by atoms with E-state index in [0.717, 1.165) is 11.0 Å². The lowest BCUT2D eigenvalue weighted by atomic mass is 10.2. The highest BCUT2D eigenvalue weighted by molar-refractivity contribution is 9.09. The Hall–Kier alpha value is -1.53. The first-order chi connectivity index (χ1) is 10.2. The van der Waals surface area contributed by atoms with Crippen molar-refractivity contribution in [3.63, 3.8) is 0 Å². The molecule has 0 saturated carbocycles. The van der Waals surface area contributed by atoms with Crippen LogP contribution in [0.5, 0.6) is 11.5 Å². The Labute approximate surface area is 137 Å². The molecule has 0 aliphatic heterocycles. The van der Waals surface area contributed by atoms with E-state index in [1.54, 1.807) is 19.4 Å². The second-order valence-electron chi connectivity index (χ2n) is 4.12. The average molecular weight is 373 g/mol. The zero-order valence-corrected chi connectivity index (χ0v) is 14.1. The van der Waals surface area contributed by atoms with Gasteiger partial charge in [-0.05, 0) is 29.8 Å². The van der Waals surface area contributed by atoms with Gasteiger partial charge in [-0.15, -0.1) is 0 Å². The molecule has 2 aromatic rings. The van der Waals surface area contributed by atoms with Crippen LogP contribution >= 0.6 is 27.5 Å². The van der Waals surface area contributed by atoms with Gasteiger partial charge in [0, 0.05) is 30.3 Å². The number of rotatable bonds is 6. The van der Waals surface area contributed by atoms with Crippen molar-refractivity contribution >= 4 is 39.0 Å². The topological polar surface area (TPSA) is 47.5 Å². The normalized spacial score (nSPS) is 10.3. The molecule has 21 heavy (non-hydrogen) atoms. The summed E-state index contributed by atoms with van der Waals surface area (Å²) < 4.78 is 11.0. The standard InChI is InChI=1S/C14H15BrClN3O2/c1-19(13-5-7-17-14(16)18-13)10-3-4-11(20-2)12(9-10)21-8-6-15/h3-5,7,9H,6,8H2,1-2H3. The predicted octanol–water partition coefficient (Wildman–Crippen LogP) is 3.68. The van der Waals surface area contributed by atoms with Crippen LogP contribution in [0.15, 0.2) is 30.5 Å². The van der Waals surface area contributed by atoms with E-state index in [9.17, 15) is 0 Å². The van der Waals surface area contributed by atoms with Gasteiger partial charge < -0.3 is 14.4 Å². The number of hydrogen-bond acceptors (Lipinski definition) is 5. The molecule has 0 atom stereocenters. The Morgan fingerprint density at radius 2 is 2.10 bits per heavy atom. The molecule has 0 radical (unpaired) electrons. The summed E-state index contributed by atoms with van der Waals surface area (Å²) in [5, 5.41) is 0.959. The average Bonchev–Trinajstić information content (AvgIpc) is 2.51. The van der Waals surface area contributed by atoms with Crippen LogP contribution in [0.4, 0.5) is 11.5 Å². The van der Waals surface area contributed by atoms with Gasteiger partial charge in [0.05, 0.1) is 13.7 Å². The van der Waals surface area contributed by atoms with Gasteiger partial charge in [0.1, 0.15) is 5.82 Å². The van der Waals surface area contributed by atoms with Crippen LogP contribution in [-0.4, -0.2) is 36.1 Å².